The number of carbonyl (C=O) groups excluding carboxylic acids is 1. The SMILES string of the molecule is C=CCNS(=O)(=O)c1cccc(C(=O)N2CCc3ccccc32)c1. The average molecular weight is 342 g/mol. The van der Waals surface area contributed by atoms with Crippen LogP contribution in [-0.4, -0.2) is 27.4 Å². The largest absolute Gasteiger partial charge is 0.308 e. The van der Waals surface area contributed by atoms with Gasteiger partial charge in [-0.15, -0.1) is 6.58 Å². The molecule has 1 N–H and O–H groups in total. The minimum absolute atomic E-state index is 0.0719. The predicted molar refractivity (Wildman–Crippen MR) is 93.7 cm³/mol. The molecular formula is C18H18N2O3S. The summed E-state index contributed by atoms with van der Waals surface area (Å²) >= 11 is 0. The summed E-state index contributed by atoms with van der Waals surface area (Å²) in [6.07, 6.45) is 2.27. The molecule has 2 aromatic rings. The molecule has 2 aromatic carbocycles. The molecule has 24 heavy (non-hydrogen) atoms. The number of amides is 1. The minimum atomic E-state index is -3.65. The topological polar surface area (TPSA) is 66.5 Å². The van der Waals surface area contributed by atoms with Gasteiger partial charge >= 0.3 is 0 Å². The molecule has 0 fully saturated rings. The molecule has 3 rings (SSSR count). The quantitative estimate of drug-likeness (QED) is 0.848. The average Bonchev–Trinajstić information content (AvgIpc) is 3.03. The number of rotatable bonds is 5. The number of fused-ring (bicyclic) bond motifs is 1. The fourth-order valence-electron chi connectivity index (χ4n) is 2.75. The molecular weight excluding hydrogens is 324 g/mol. The summed E-state index contributed by atoms with van der Waals surface area (Å²) in [5.74, 6) is -0.194. The molecule has 0 spiro atoms. The fourth-order valence-corrected chi connectivity index (χ4v) is 3.80. The summed E-state index contributed by atoms with van der Waals surface area (Å²) in [6.45, 7) is 4.23. The van der Waals surface area contributed by atoms with Crippen molar-refractivity contribution < 1.29 is 13.2 Å². The zero-order chi connectivity index (χ0) is 17.2. The van der Waals surface area contributed by atoms with Gasteiger partial charge in [0.15, 0.2) is 0 Å². The Balaban J connectivity index is 1.90. The number of sulfonamides is 1. The van der Waals surface area contributed by atoms with E-state index in [1.165, 1.54) is 18.2 Å². The van der Waals surface area contributed by atoms with Gasteiger partial charge in [-0.1, -0.05) is 30.3 Å². The maximum atomic E-state index is 12.8. The van der Waals surface area contributed by atoms with Crippen LogP contribution in [0.3, 0.4) is 0 Å². The minimum Gasteiger partial charge on any atom is -0.308 e. The lowest BCUT2D eigenvalue weighted by molar-refractivity contribution is 0.0989. The van der Waals surface area contributed by atoms with Gasteiger partial charge in [-0.2, -0.15) is 0 Å². The van der Waals surface area contributed by atoms with Crippen molar-refractivity contribution in [1.29, 1.82) is 0 Å². The normalized spacial score (nSPS) is 13.6. The molecule has 0 aliphatic carbocycles. The molecule has 1 amide bonds. The zero-order valence-corrected chi connectivity index (χ0v) is 13.9. The molecule has 0 bridgehead atoms. The highest BCUT2D eigenvalue weighted by atomic mass is 32.2. The van der Waals surface area contributed by atoms with Gasteiger partial charge in [0.25, 0.3) is 5.91 Å². The molecule has 0 saturated carbocycles. The summed E-state index contributed by atoms with van der Waals surface area (Å²) < 4.78 is 26.8. The Hall–Kier alpha value is -2.44. The van der Waals surface area contributed by atoms with Gasteiger partial charge in [0, 0.05) is 24.3 Å². The maximum absolute atomic E-state index is 12.8. The van der Waals surface area contributed by atoms with Crippen molar-refractivity contribution in [3.05, 3.63) is 72.3 Å². The van der Waals surface area contributed by atoms with E-state index in [9.17, 15) is 13.2 Å². The van der Waals surface area contributed by atoms with Crippen molar-refractivity contribution in [2.75, 3.05) is 18.0 Å². The van der Waals surface area contributed by atoms with Crippen LogP contribution in [0, 0.1) is 0 Å². The predicted octanol–water partition coefficient (Wildman–Crippen LogP) is 2.35. The van der Waals surface area contributed by atoms with Gasteiger partial charge in [-0.3, -0.25) is 4.79 Å². The van der Waals surface area contributed by atoms with Gasteiger partial charge in [0.2, 0.25) is 10.0 Å². The first-order chi connectivity index (χ1) is 11.5. The second-order valence-electron chi connectivity index (χ2n) is 5.50. The number of carbonyl (C=O) groups is 1. The Morgan fingerprint density at radius 1 is 1.21 bits per heavy atom. The Labute approximate surface area is 141 Å². The lowest BCUT2D eigenvalue weighted by Crippen LogP contribution is -2.29. The molecule has 5 nitrogen and oxygen atoms in total. The Kier molecular flexibility index (Phi) is 4.51. The number of hydrogen-bond donors (Lipinski definition) is 1. The fraction of sp³-hybridized carbons (Fsp3) is 0.167. The van der Waals surface area contributed by atoms with E-state index in [1.807, 2.05) is 24.3 Å². The number of nitrogens with zero attached hydrogens (tertiary/aromatic N) is 1. The number of hydrogen-bond acceptors (Lipinski definition) is 3. The first-order valence-electron chi connectivity index (χ1n) is 7.63. The summed E-state index contributed by atoms with van der Waals surface area (Å²) in [5, 5.41) is 0. The van der Waals surface area contributed by atoms with E-state index in [-0.39, 0.29) is 17.3 Å². The van der Waals surface area contributed by atoms with E-state index in [1.54, 1.807) is 17.0 Å². The molecule has 124 valence electrons. The van der Waals surface area contributed by atoms with Crippen molar-refractivity contribution in [3.63, 3.8) is 0 Å². The summed E-state index contributed by atoms with van der Waals surface area (Å²) in [4.78, 5) is 14.6. The van der Waals surface area contributed by atoms with Crippen molar-refractivity contribution in [2.45, 2.75) is 11.3 Å². The van der Waals surface area contributed by atoms with Crippen molar-refractivity contribution >= 4 is 21.6 Å². The van der Waals surface area contributed by atoms with Gasteiger partial charge in [0.05, 0.1) is 4.90 Å². The zero-order valence-electron chi connectivity index (χ0n) is 13.1. The maximum Gasteiger partial charge on any atom is 0.258 e. The van der Waals surface area contributed by atoms with Crippen molar-refractivity contribution in [1.82, 2.24) is 4.72 Å². The number of anilines is 1. The summed E-state index contributed by atoms with van der Waals surface area (Å²) in [6, 6.07) is 13.9. The first kappa shape index (κ1) is 16.4. The monoisotopic (exact) mass is 342 g/mol. The van der Waals surface area contributed by atoms with Gasteiger partial charge in [0.1, 0.15) is 0 Å². The number of para-hydroxylation sites is 1. The van der Waals surface area contributed by atoms with E-state index in [4.69, 9.17) is 0 Å². The van der Waals surface area contributed by atoms with Gasteiger partial charge < -0.3 is 4.90 Å². The van der Waals surface area contributed by atoms with Crippen LogP contribution < -0.4 is 9.62 Å². The Morgan fingerprint density at radius 2 is 2.00 bits per heavy atom. The van der Waals surface area contributed by atoms with Crippen LogP contribution in [0.15, 0.2) is 66.1 Å². The van der Waals surface area contributed by atoms with Crippen LogP contribution in [0.4, 0.5) is 5.69 Å². The van der Waals surface area contributed by atoms with Crippen molar-refractivity contribution in [3.8, 4) is 0 Å². The molecule has 0 atom stereocenters. The third-order valence-corrected chi connectivity index (χ3v) is 5.36. The molecule has 1 aliphatic heterocycles. The Morgan fingerprint density at radius 3 is 2.79 bits per heavy atom. The number of benzene rings is 2. The van der Waals surface area contributed by atoms with E-state index in [2.05, 4.69) is 11.3 Å². The Bertz CT molecular complexity index is 891. The molecule has 6 heteroatoms. The second kappa shape index (κ2) is 6.59. The molecule has 0 saturated heterocycles. The van der Waals surface area contributed by atoms with Crippen LogP contribution in [0.1, 0.15) is 15.9 Å². The standard InChI is InChI=1S/C18H18N2O3S/c1-2-11-19-24(22,23)16-8-5-7-15(13-16)18(21)20-12-10-14-6-3-4-9-17(14)20/h2-9,13,19H,1,10-12H2. The molecule has 1 heterocycles. The highest BCUT2D eigenvalue weighted by Crippen LogP contribution is 2.29. The highest BCUT2D eigenvalue weighted by Gasteiger charge is 2.26. The van der Waals surface area contributed by atoms with Crippen LogP contribution in [0.5, 0.6) is 0 Å². The first-order valence-corrected chi connectivity index (χ1v) is 9.11. The molecule has 0 radical (unpaired) electrons. The third kappa shape index (κ3) is 3.11. The van der Waals surface area contributed by atoms with E-state index >= 15 is 0 Å². The summed E-state index contributed by atoms with van der Waals surface area (Å²) in [7, 11) is -3.65. The summed E-state index contributed by atoms with van der Waals surface area (Å²) in [5.41, 5.74) is 2.37. The van der Waals surface area contributed by atoms with Crippen LogP contribution in [0.2, 0.25) is 0 Å². The molecule has 1 aliphatic rings. The van der Waals surface area contributed by atoms with Crippen LogP contribution in [0.25, 0.3) is 0 Å². The second-order valence-corrected chi connectivity index (χ2v) is 7.27. The van der Waals surface area contributed by atoms with E-state index in [0.717, 1.165) is 17.7 Å². The van der Waals surface area contributed by atoms with Crippen molar-refractivity contribution in [2.24, 2.45) is 0 Å². The lowest BCUT2D eigenvalue weighted by Gasteiger charge is -2.17. The highest BCUT2D eigenvalue weighted by molar-refractivity contribution is 7.89. The van der Waals surface area contributed by atoms with Gasteiger partial charge in [-0.25, -0.2) is 13.1 Å². The third-order valence-electron chi connectivity index (χ3n) is 3.94. The lowest BCUT2D eigenvalue weighted by atomic mass is 10.1. The van der Waals surface area contributed by atoms with E-state index < -0.39 is 10.0 Å². The van der Waals surface area contributed by atoms with Gasteiger partial charge in [-0.05, 0) is 36.2 Å². The number of nitrogens with one attached hydrogen (secondary N) is 1. The van der Waals surface area contributed by atoms with Crippen LogP contribution >= 0.6 is 0 Å². The molecule has 0 aromatic heterocycles. The molecule has 0 unspecified atom stereocenters. The smallest absolute Gasteiger partial charge is 0.258 e. The van der Waals surface area contributed by atoms with E-state index in [0.29, 0.717) is 12.1 Å². The van der Waals surface area contributed by atoms with Crippen LogP contribution in [-0.2, 0) is 16.4 Å².